The largest absolute Gasteiger partial charge is 0.497 e. The molecule has 0 spiro atoms. The van der Waals surface area contributed by atoms with Gasteiger partial charge >= 0.3 is 5.97 Å². The number of anilines is 1. The third-order valence-electron chi connectivity index (χ3n) is 3.26. The van der Waals surface area contributed by atoms with Gasteiger partial charge in [-0.1, -0.05) is 0 Å². The van der Waals surface area contributed by atoms with Crippen molar-refractivity contribution >= 4 is 17.6 Å². The van der Waals surface area contributed by atoms with Crippen LogP contribution in [0.25, 0.3) is 0 Å². The van der Waals surface area contributed by atoms with Crippen LogP contribution in [0.15, 0.2) is 24.3 Å². The van der Waals surface area contributed by atoms with Crippen molar-refractivity contribution < 1.29 is 19.1 Å². The van der Waals surface area contributed by atoms with Crippen molar-refractivity contribution in [3.8, 4) is 5.75 Å². The summed E-state index contributed by atoms with van der Waals surface area (Å²) in [5, 5.41) is 2.78. The average Bonchev–Trinajstić information content (AvgIpc) is 2.63. The Kier molecular flexibility index (Phi) is 3.46. The molecule has 1 fully saturated rings. The molecule has 1 aromatic carbocycles. The van der Waals surface area contributed by atoms with Gasteiger partial charge in [0.05, 0.1) is 19.4 Å². The molecule has 0 aromatic heterocycles. The summed E-state index contributed by atoms with van der Waals surface area (Å²) in [6, 6.07) is 7.02. The normalized spacial score (nSPS) is 20.8. The summed E-state index contributed by atoms with van der Waals surface area (Å²) in [6.07, 6.45) is 0.120. The number of hydrogen-bond acceptors (Lipinski definition) is 4. The van der Waals surface area contributed by atoms with E-state index in [0.717, 1.165) is 5.75 Å². The van der Waals surface area contributed by atoms with E-state index in [9.17, 15) is 9.59 Å². The van der Waals surface area contributed by atoms with E-state index in [4.69, 9.17) is 9.47 Å². The Labute approximate surface area is 111 Å². The first-order chi connectivity index (χ1) is 8.92. The highest BCUT2D eigenvalue weighted by Crippen LogP contribution is 2.33. The van der Waals surface area contributed by atoms with Gasteiger partial charge in [-0.05, 0) is 38.1 Å². The smallest absolute Gasteiger partial charge is 0.307 e. The molecular weight excluding hydrogens is 246 g/mol. The molecule has 1 saturated heterocycles. The topological polar surface area (TPSA) is 64.6 Å². The third kappa shape index (κ3) is 2.86. The molecule has 0 unspecified atom stereocenters. The molecule has 1 heterocycles. The molecule has 1 aromatic rings. The van der Waals surface area contributed by atoms with Crippen molar-refractivity contribution in [1.29, 1.82) is 0 Å². The van der Waals surface area contributed by atoms with E-state index in [1.807, 2.05) is 0 Å². The number of carbonyl (C=O) groups is 2. The van der Waals surface area contributed by atoms with E-state index in [-0.39, 0.29) is 18.3 Å². The second-order valence-corrected chi connectivity index (χ2v) is 5.05. The molecule has 0 aliphatic carbocycles. The molecule has 1 atom stereocenters. The lowest BCUT2D eigenvalue weighted by molar-refractivity contribution is -0.147. The summed E-state index contributed by atoms with van der Waals surface area (Å²) >= 11 is 0. The van der Waals surface area contributed by atoms with Crippen LogP contribution in [0.3, 0.4) is 0 Å². The second-order valence-electron chi connectivity index (χ2n) is 5.05. The SMILES string of the molecule is COc1ccc(NC(=O)[C@H]2CC(=O)OC2(C)C)cc1. The number of esters is 1. The van der Waals surface area contributed by atoms with Crippen molar-refractivity contribution in [1.82, 2.24) is 0 Å². The van der Waals surface area contributed by atoms with E-state index in [2.05, 4.69) is 5.32 Å². The Balaban J connectivity index is 2.06. The number of benzene rings is 1. The molecule has 1 aliphatic rings. The second kappa shape index (κ2) is 4.91. The minimum atomic E-state index is -0.756. The fourth-order valence-electron chi connectivity index (χ4n) is 2.13. The number of hydrogen-bond donors (Lipinski definition) is 1. The molecule has 1 amide bonds. The summed E-state index contributed by atoms with van der Waals surface area (Å²) in [5.74, 6) is -0.291. The van der Waals surface area contributed by atoms with Crippen LogP contribution in [0.5, 0.6) is 5.75 Å². The van der Waals surface area contributed by atoms with Crippen molar-refractivity contribution in [3.05, 3.63) is 24.3 Å². The molecule has 0 bridgehead atoms. The van der Waals surface area contributed by atoms with Crippen molar-refractivity contribution in [2.75, 3.05) is 12.4 Å². The van der Waals surface area contributed by atoms with Gasteiger partial charge in [0.15, 0.2) is 0 Å². The molecule has 102 valence electrons. The summed E-state index contributed by atoms with van der Waals surface area (Å²) in [6.45, 7) is 3.49. The van der Waals surface area contributed by atoms with E-state index in [1.165, 1.54) is 0 Å². The van der Waals surface area contributed by atoms with Crippen molar-refractivity contribution in [2.45, 2.75) is 25.9 Å². The van der Waals surface area contributed by atoms with Gasteiger partial charge in [0.25, 0.3) is 0 Å². The lowest BCUT2D eigenvalue weighted by atomic mass is 9.90. The predicted molar refractivity (Wildman–Crippen MR) is 69.9 cm³/mol. The molecule has 2 rings (SSSR count). The summed E-state index contributed by atoms with van der Waals surface area (Å²) in [5.41, 5.74) is -0.0888. The van der Waals surface area contributed by atoms with Gasteiger partial charge in [0.1, 0.15) is 11.4 Å². The monoisotopic (exact) mass is 263 g/mol. The zero-order chi connectivity index (χ0) is 14.0. The first-order valence-electron chi connectivity index (χ1n) is 6.09. The summed E-state index contributed by atoms with van der Waals surface area (Å²) in [7, 11) is 1.58. The van der Waals surface area contributed by atoms with Crippen LogP contribution < -0.4 is 10.1 Å². The van der Waals surface area contributed by atoms with Gasteiger partial charge in [-0.3, -0.25) is 9.59 Å². The highest BCUT2D eigenvalue weighted by Gasteiger charge is 2.46. The fraction of sp³-hybridized carbons (Fsp3) is 0.429. The Hall–Kier alpha value is -2.04. The van der Waals surface area contributed by atoms with Gasteiger partial charge in [0.2, 0.25) is 5.91 Å². The van der Waals surface area contributed by atoms with Gasteiger partial charge in [-0.25, -0.2) is 0 Å². The van der Waals surface area contributed by atoms with E-state index < -0.39 is 11.5 Å². The maximum Gasteiger partial charge on any atom is 0.307 e. The number of ether oxygens (including phenoxy) is 2. The van der Waals surface area contributed by atoms with E-state index in [1.54, 1.807) is 45.2 Å². The maximum absolute atomic E-state index is 12.2. The van der Waals surface area contributed by atoms with Crippen LogP contribution in [0.2, 0.25) is 0 Å². The Morgan fingerprint density at radius 1 is 1.37 bits per heavy atom. The Morgan fingerprint density at radius 2 is 2.00 bits per heavy atom. The van der Waals surface area contributed by atoms with Crippen LogP contribution in [-0.4, -0.2) is 24.6 Å². The molecule has 1 aliphatic heterocycles. The number of rotatable bonds is 3. The molecule has 0 radical (unpaired) electrons. The van der Waals surface area contributed by atoms with Crippen molar-refractivity contribution in [3.63, 3.8) is 0 Å². The molecule has 5 heteroatoms. The fourth-order valence-corrected chi connectivity index (χ4v) is 2.13. The zero-order valence-corrected chi connectivity index (χ0v) is 11.2. The molecule has 1 N–H and O–H groups in total. The first kappa shape index (κ1) is 13.4. The number of methoxy groups -OCH3 is 1. The summed E-state index contributed by atoms with van der Waals surface area (Å²) < 4.78 is 10.2. The van der Waals surface area contributed by atoms with Gasteiger partial charge in [-0.2, -0.15) is 0 Å². The lowest BCUT2D eigenvalue weighted by Crippen LogP contribution is -2.36. The molecular formula is C14H17NO4. The van der Waals surface area contributed by atoms with Gasteiger partial charge < -0.3 is 14.8 Å². The summed E-state index contributed by atoms with van der Waals surface area (Å²) in [4.78, 5) is 23.4. The van der Waals surface area contributed by atoms with Crippen LogP contribution in [0.4, 0.5) is 5.69 Å². The Bertz CT molecular complexity index is 493. The lowest BCUT2D eigenvalue weighted by Gasteiger charge is -2.23. The number of amides is 1. The molecule has 5 nitrogen and oxygen atoms in total. The van der Waals surface area contributed by atoms with Crippen molar-refractivity contribution in [2.24, 2.45) is 5.92 Å². The van der Waals surface area contributed by atoms with Gasteiger partial charge in [0, 0.05) is 5.69 Å². The van der Waals surface area contributed by atoms with Gasteiger partial charge in [-0.15, -0.1) is 0 Å². The van der Waals surface area contributed by atoms with Crippen LogP contribution in [0, 0.1) is 5.92 Å². The molecule has 0 saturated carbocycles. The van der Waals surface area contributed by atoms with E-state index in [0.29, 0.717) is 5.69 Å². The van der Waals surface area contributed by atoms with Crippen LogP contribution in [0.1, 0.15) is 20.3 Å². The zero-order valence-electron chi connectivity index (χ0n) is 11.2. The number of carbonyl (C=O) groups excluding carboxylic acids is 2. The first-order valence-corrected chi connectivity index (χ1v) is 6.09. The Morgan fingerprint density at radius 3 is 2.47 bits per heavy atom. The minimum Gasteiger partial charge on any atom is -0.497 e. The van der Waals surface area contributed by atoms with Crippen LogP contribution in [-0.2, 0) is 14.3 Å². The standard InChI is InChI=1S/C14H17NO4/c1-14(2)11(8-12(16)19-14)13(17)15-9-4-6-10(18-3)7-5-9/h4-7,11H,8H2,1-3H3,(H,15,17)/t11-/m1/s1. The number of nitrogens with one attached hydrogen (secondary N) is 1. The predicted octanol–water partition coefficient (Wildman–Crippen LogP) is 1.98. The van der Waals surface area contributed by atoms with Crippen LogP contribution >= 0.6 is 0 Å². The maximum atomic E-state index is 12.2. The number of cyclic esters (lactones) is 1. The highest BCUT2D eigenvalue weighted by atomic mass is 16.6. The minimum absolute atomic E-state index is 0.120. The highest BCUT2D eigenvalue weighted by molar-refractivity contribution is 5.96. The molecule has 19 heavy (non-hydrogen) atoms. The average molecular weight is 263 g/mol. The third-order valence-corrected chi connectivity index (χ3v) is 3.26. The quantitative estimate of drug-likeness (QED) is 0.847. The van der Waals surface area contributed by atoms with E-state index >= 15 is 0 Å².